The topological polar surface area (TPSA) is 69.6 Å². The number of hydroxylamine groups is 1. The summed E-state index contributed by atoms with van der Waals surface area (Å²) in [5.74, 6) is -0.609. The van der Waals surface area contributed by atoms with E-state index in [0.29, 0.717) is 12.8 Å². The number of rotatable bonds is 5. The molecule has 0 bridgehead atoms. The maximum atomic E-state index is 12.3. The van der Waals surface area contributed by atoms with Crippen molar-refractivity contribution in [2.75, 3.05) is 0 Å². The van der Waals surface area contributed by atoms with Gasteiger partial charge in [-0.25, -0.2) is 4.79 Å². The van der Waals surface area contributed by atoms with Crippen LogP contribution >= 0.6 is 0 Å². The number of ether oxygens (including phenoxy) is 1. The fraction of sp³-hybridized carbons (Fsp3) is 0.500. The molecule has 0 aliphatic carbocycles. The maximum Gasteiger partial charge on any atom is 0.388 e. The number of nitroso groups, excluding NO2 is 1. The Labute approximate surface area is 129 Å². The Balaban J connectivity index is 2.05. The van der Waals surface area contributed by atoms with Crippen molar-refractivity contribution in [3.63, 3.8) is 0 Å². The molecule has 1 N–H and O–H groups in total. The average Bonchev–Trinajstić information content (AvgIpc) is 2.80. The molecule has 1 atom stereocenters. The third-order valence-electron chi connectivity index (χ3n) is 3.99. The van der Waals surface area contributed by atoms with Gasteiger partial charge in [-0.2, -0.15) is 0 Å². The summed E-state index contributed by atoms with van der Waals surface area (Å²) in [5.41, 5.74) is -1.62. The minimum atomic E-state index is -1.32. The summed E-state index contributed by atoms with van der Waals surface area (Å²) in [7, 11) is 0. The maximum absolute atomic E-state index is 12.3. The van der Waals surface area contributed by atoms with Crippen LogP contribution in [0.4, 0.5) is 0 Å². The number of hydrogen-bond donors (Lipinski definition) is 1. The SMILES string of the molecule is CC(C)(OC(=O)C1(C)CCC=[N+]1O)[N+](=O)Cc1ccccc1. The lowest BCUT2D eigenvalue weighted by atomic mass is 10.00. The molecule has 0 fully saturated rings. The Kier molecular flexibility index (Phi) is 4.30. The van der Waals surface area contributed by atoms with Gasteiger partial charge < -0.3 is 4.74 Å². The molecule has 0 saturated heterocycles. The molecule has 1 aromatic carbocycles. The van der Waals surface area contributed by atoms with E-state index in [1.807, 2.05) is 30.3 Å². The standard InChI is InChI=1S/C16H22N2O4/c1-15(2,18(21)12-13-8-5-4-6-9-13)22-14(19)16(3)10-7-11-17(16)20/h4-6,8-9,11,20H,7,10,12H2,1-3H3/q+2. The number of carbonyl (C=O) groups is 1. The minimum absolute atomic E-state index is 0.118. The summed E-state index contributed by atoms with van der Waals surface area (Å²) >= 11 is 0. The quantitative estimate of drug-likeness (QED) is 0.392. The molecule has 6 nitrogen and oxygen atoms in total. The van der Waals surface area contributed by atoms with Gasteiger partial charge >= 0.3 is 17.2 Å². The van der Waals surface area contributed by atoms with E-state index in [1.54, 1.807) is 20.8 Å². The fourth-order valence-electron chi connectivity index (χ4n) is 2.31. The lowest BCUT2D eigenvalue weighted by molar-refractivity contribution is -0.808. The molecule has 1 unspecified atom stereocenters. The highest BCUT2D eigenvalue weighted by molar-refractivity contribution is 5.81. The zero-order valence-electron chi connectivity index (χ0n) is 13.2. The van der Waals surface area contributed by atoms with Crippen molar-refractivity contribution in [3.8, 4) is 0 Å². The van der Waals surface area contributed by atoms with E-state index in [9.17, 15) is 14.9 Å². The van der Waals surface area contributed by atoms with Crippen molar-refractivity contribution >= 4 is 12.2 Å². The number of esters is 1. The first-order valence-electron chi connectivity index (χ1n) is 7.29. The lowest BCUT2D eigenvalue weighted by Crippen LogP contribution is -2.49. The largest absolute Gasteiger partial charge is 0.392 e. The normalized spacial score (nSPS) is 21.3. The average molecular weight is 306 g/mol. The van der Waals surface area contributed by atoms with E-state index in [4.69, 9.17) is 4.74 Å². The number of carbonyl (C=O) groups excluding carboxylic acids is 1. The smallest absolute Gasteiger partial charge is 0.388 e. The van der Waals surface area contributed by atoms with Gasteiger partial charge in [0, 0.05) is 48.8 Å². The predicted molar refractivity (Wildman–Crippen MR) is 79.7 cm³/mol. The van der Waals surface area contributed by atoms with E-state index in [0.717, 1.165) is 15.1 Å². The first-order valence-corrected chi connectivity index (χ1v) is 7.29. The molecule has 0 spiro atoms. The Morgan fingerprint density at radius 1 is 1.41 bits per heavy atom. The van der Waals surface area contributed by atoms with Gasteiger partial charge in [0.25, 0.3) is 0 Å². The summed E-state index contributed by atoms with van der Waals surface area (Å²) < 4.78 is 6.98. The number of hydrogen-bond acceptors (Lipinski definition) is 4. The van der Waals surface area contributed by atoms with E-state index in [2.05, 4.69) is 0 Å². The van der Waals surface area contributed by atoms with Crippen LogP contribution in [-0.2, 0) is 16.1 Å². The van der Waals surface area contributed by atoms with E-state index < -0.39 is 17.2 Å². The van der Waals surface area contributed by atoms with Gasteiger partial charge in [0.05, 0.1) is 0 Å². The van der Waals surface area contributed by atoms with Crippen LogP contribution in [0.15, 0.2) is 30.3 Å². The summed E-state index contributed by atoms with van der Waals surface area (Å²) in [4.78, 5) is 24.7. The molecule has 2 rings (SSSR count). The molecule has 1 aromatic rings. The molecular weight excluding hydrogens is 284 g/mol. The Bertz CT molecular complexity index is 610. The Hall–Kier alpha value is -2.24. The predicted octanol–water partition coefficient (Wildman–Crippen LogP) is 2.27. The highest BCUT2D eigenvalue weighted by atomic mass is 16.6. The van der Waals surface area contributed by atoms with E-state index in [1.165, 1.54) is 6.21 Å². The van der Waals surface area contributed by atoms with E-state index >= 15 is 0 Å². The zero-order chi connectivity index (χ0) is 16.4. The van der Waals surface area contributed by atoms with Gasteiger partial charge in [-0.15, -0.1) is 0 Å². The van der Waals surface area contributed by atoms with Crippen LogP contribution in [0, 0.1) is 4.91 Å². The summed E-state index contributed by atoms with van der Waals surface area (Å²) in [6.07, 6.45) is 2.58. The number of nitrogens with zero attached hydrogens (tertiary/aromatic N) is 2. The van der Waals surface area contributed by atoms with Crippen LogP contribution in [0.3, 0.4) is 0 Å². The third kappa shape index (κ3) is 3.16. The molecule has 0 amide bonds. The lowest BCUT2D eigenvalue weighted by Gasteiger charge is -2.21. The van der Waals surface area contributed by atoms with Crippen molar-refractivity contribution in [1.82, 2.24) is 0 Å². The molecule has 22 heavy (non-hydrogen) atoms. The van der Waals surface area contributed by atoms with Crippen LogP contribution in [-0.4, -0.2) is 38.2 Å². The van der Waals surface area contributed by atoms with Crippen molar-refractivity contribution in [3.05, 3.63) is 40.8 Å². The van der Waals surface area contributed by atoms with Crippen molar-refractivity contribution in [1.29, 1.82) is 0 Å². The zero-order valence-corrected chi connectivity index (χ0v) is 13.2. The Morgan fingerprint density at radius 3 is 2.59 bits per heavy atom. The molecule has 1 heterocycles. The van der Waals surface area contributed by atoms with Gasteiger partial charge in [0.15, 0.2) is 6.21 Å². The molecule has 6 heteroatoms. The first kappa shape index (κ1) is 16.1. The van der Waals surface area contributed by atoms with Crippen LogP contribution < -0.4 is 0 Å². The molecule has 0 radical (unpaired) electrons. The summed E-state index contributed by atoms with van der Waals surface area (Å²) in [5, 5.41) is 9.77. The van der Waals surface area contributed by atoms with Crippen LogP contribution in [0.5, 0.6) is 0 Å². The second-order valence-electron chi connectivity index (χ2n) is 6.20. The monoisotopic (exact) mass is 306 g/mol. The van der Waals surface area contributed by atoms with Gasteiger partial charge in [-0.05, 0) is 4.74 Å². The van der Waals surface area contributed by atoms with E-state index in [-0.39, 0.29) is 6.54 Å². The number of benzene rings is 1. The van der Waals surface area contributed by atoms with Crippen LogP contribution in [0.2, 0.25) is 0 Å². The van der Waals surface area contributed by atoms with Gasteiger partial charge in [-0.3, -0.25) is 5.21 Å². The first-order chi connectivity index (χ1) is 10.3. The fourth-order valence-corrected chi connectivity index (χ4v) is 2.31. The molecular formula is C16H22N2O4+2. The molecule has 0 aromatic heterocycles. The van der Waals surface area contributed by atoms with Crippen molar-refractivity contribution < 1.29 is 24.2 Å². The van der Waals surface area contributed by atoms with Crippen LogP contribution in [0.1, 0.15) is 39.2 Å². The highest BCUT2D eigenvalue weighted by Crippen LogP contribution is 2.25. The van der Waals surface area contributed by atoms with Gasteiger partial charge in [0.2, 0.25) is 6.54 Å². The molecule has 118 valence electrons. The van der Waals surface area contributed by atoms with Crippen molar-refractivity contribution in [2.45, 2.75) is 51.4 Å². The van der Waals surface area contributed by atoms with Gasteiger partial charge in [-0.1, -0.05) is 30.3 Å². The molecule has 1 aliphatic rings. The van der Waals surface area contributed by atoms with Crippen molar-refractivity contribution in [2.24, 2.45) is 0 Å². The third-order valence-corrected chi connectivity index (χ3v) is 3.99. The minimum Gasteiger partial charge on any atom is -0.392 e. The Morgan fingerprint density at radius 2 is 2.05 bits per heavy atom. The summed E-state index contributed by atoms with van der Waals surface area (Å²) in [6.45, 7) is 4.81. The summed E-state index contributed by atoms with van der Waals surface area (Å²) in [6, 6.07) is 9.25. The second kappa shape index (κ2) is 5.87. The second-order valence-corrected chi connectivity index (χ2v) is 6.20. The van der Waals surface area contributed by atoms with Gasteiger partial charge in [0.1, 0.15) is 0 Å². The van der Waals surface area contributed by atoms with Crippen LogP contribution in [0.25, 0.3) is 0 Å². The highest BCUT2D eigenvalue weighted by Gasteiger charge is 2.54. The molecule has 0 saturated carbocycles. The molecule has 1 aliphatic heterocycles.